The zero-order valence-electron chi connectivity index (χ0n) is 23.5. The van der Waals surface area contributed by atoms with E-state index in [0.717, 1.165) is 38.0 Å². The summed E-state index contributed by atoms with van der Waals surface area (Å²) in [7, 11) is 0. The van der Waals surface area contributed by atoms with Crippen LogP contribution in [0.15, 0.2) is 78.9 Å². The van der Waals surface area contributed by atoms with E-state index >= 15 is 0 Å². The third-order valence-electron chi connectivity index (χ3n) is 8.43. The average Bonchev–Trinajstić information content (AvgIpc) is 2.97. The molecule has 1 saturated carbocycles. The minimum atomic E-state index is -0.0737. The molecular weight excluding hydrogens is 464 g/mol. The van der Waals surface area contributed by atoms with Gasteiger partial charge in [-0.05, 0) is 97.6 Å². The smallest absolute Gasteiger partial charge is 0.314 e. The van der Waals surface area contributed by atoms with E-state index in [9.17, 15) is 4.79 Å². The molecule has 1 aliphatic carbocycles. The molecule has 38 heavy (non-hydrogen) atoms. The molecule has 0 saturated heterocycles. The van der Waals surface area contributed by atoms with E-state index in [1.54, 1.807) is 0 Å². The Bertz CT molecular complexity index is 1080. The Hall–Kier alpha value is -2.87. The standard InChI is InChI=1S/C36H46O2/c1-3-5-11-28-16-22-32(23-17-28)33-24-26-35(27-25-33)38-36(37)34(10-4-2)15-9-12-29-18-20-31(21-19-29)30-13-7-6-8-14-30/h6-8,13-14,18-21,24-28,32,34H,3-5,9-12,15-17,22-23H2,1-2H3/t28-,32-,34?. The molecule has 1 atom stereocenters. The first-order valence-electron chi connectivity index (χ1n) is 15.1. The molecule has 3 aromatic carbocycles. The number of hydrogen-bond donors (Lipinski definition) is 0. The molecule has 0 aliphatic heterocycles. The number of carbonyl (C=O) groups is 1. The number of hydrogen-bond acceptors (Lipinski definition) is 2. The first-order chi connectivity index (χ1) is 18.7. The third kappa shape index (κ3) is 8.32. The van der Waals surface area contributed by atoms with Crippen LogP contribution < -0.4 is 4.74 Å². The second-order valence-corrected chi connectivity index (χ2v) is 11.3. The van der Waals surface area contributed by atoms with E-state index in [1.165, 1.54) is 67.2 Å². The SMILES string of the molecule is CCCC[C@H]1CC[C@H](c2ccc(OC(=O)C(CCC)CCCc3ccc(-c4ccccc4)cc3)cc2)CC1. The number of ether oxygens (including phenoxy) is 1. The molecular formula is C36H46O2. The Morgan fingerprint density at radius 3 is 2.11 bits per heavy atom. The summed E-state index contributed by atoms with van der Waals surface area (Å²) in [5, 5.41) is 0. The van der Waals surface area contributed by atoms with Crippen LogP contribution >= 0.6 is 0 Å². The molecule has 0 spiro atoms. The van der Waals surface area contributed by atoms with Crippen molar-refractivity contribution in [1.82, 2.24) is 0 Å². The van der Waals surface area contributed by atoms with Gasteiger partial charge in [0.05, 0.1) is 5.92 Å². The fourth-order valence-electron chi connectivity index (χ4n) is 6.06. The molecule has 0 N–H and O–H groups in total. The first kappa shape index (κ1) is 28.1. The molecule has 4 rings (SSSR count). The zero-order valence-corrected chi connectivity index (χ0v) is 23.5. The summed E-state index contributed by atoms with van der Waals surface area (Å²) in [6.45, 7) is 4.44. The number of carbonyl (C=O) groups excluding carboxylic acids is 1. The average molecular weight is 511 g/mol. The number of esters is 1. The summed E-state index contributed by atoms with van der Waals surface area (Å²) >= 11 is 0. The second-order valence-electron chi connectivity index (χ2n) is 11.3. The van der Waals surface area contributed by atoms with Crippen LogP contribution in [0.5, 0.6) is 5.75 Å². The molecule has 1 unspecified atom stereocenters. The van der Waals surface area contributed by atoms with Gasteiger partial charge < -0.3 is 4.74 Å². The number of aryl methyl sites for hydroxylation is 1. The van der Waals surface area contributed by atoms with Gasteiger partial charge in [-0.1, -0.05) is 106 Å². The molecule has 0 amide bonds. The third-order valence-corrected chi connectivity index (χ3v) is 8.43. The Morgan fingerprint density at radius 2 is 1.45 bits per heavy atom. The van der Waals surface area contributed by atoms with Crippen LogP contribution in [0.4, 0.5) is 0 Å². The normalized spacial score (nSPS) is 18.2. The first-order valence-corrected chi connectivity index (χ1v) is 15.1. The van der Waals surface area contributed by atoms with Crippen LogP contribution in [0.25, 0.3) is 11.1 Å². The molecule has 0 heterocycles. The van der Waals surface area contributed by atoms with Gasteiger partial charge in [0, 0.05) is 0 Å². The minimum Gasteiger partial charge on any atom is -0.426 e. The van der Waals surface area contributed by atoms with Gasteiger partial charge in [0.1, 0.15) is 5.75 Å². The second kappa shape index (κ2) is 14.9. The number of unbranched alkanes of at least 4 members (excludes halogenated alkanes) is 1. The molecule has 3 aromatic rings. The Kier molecular flexibility index (Phi) is 11.0. The number of benzene rings is 3. The Morgan fingerprint density at radius 1 is 0.763 bits per heavy atom. The highest BCUT2D eigenvalue weighted by atomic mass is 16.5. The Balaban J connectivity index is 1.24. The molecule has 2 heteroatoms. The van der Waals surface area contributed by atoms with E-state index in [0.29, 0.717) is 11.7 Å². The van der Waals surface area contributed by atoms with Crippen molar-refractivity contribution in [3.05, 3.63) is 90.0 Å². The van der Waals surface area contributed by atoms with Gasteiger partial charge in [-0.15, -0.1) is 0 Å². The van der Waals surface area contributed by atoms with Crippen molar-refractivity contribution in [3.8, 4) is 16.9 Å². The summed E-state index contributed by atoms with van der Waals surface area (Å²) in [5.74, 6) is 2.16. The molecule has 0 bridgehead atoms. The lowest BCUT2D eigenvalue weighted by molar-refractivity contribution is -0.139. The largest absolute Gasteiger partial charge is 0.426 e. The van der Waals surface area contributed by atoms with Crippen LogP contribution in [0.1, 0.15) is 102 Å². The Labute approximate surface area is 230 Å². The summed E-state index contributed by atoms with van der Waals surface area (Å²) in [6.07, 6.45) is 14.1. The molecule has 0 radical (unpaired) electrons. The fourth-order valence-corrected chi connectivity index (χ4v) is 6.06. The van der Waals surface area contributed by atoms with Crippen molar-refractivity contribution >= 4 is 5.97 Å². The van der Waals surface area contributed by atoms with E-state index in [2.05, 4.69) is 74.5 Å². The van der Waals surface area contributed by atoms with Crippen LogP contribution in [0.3, 0.4) is 0 Å². The van der Waals surface area contributed by atoms with Gasteiger partial charge in [-0.3, -0.25) is 4.79 Å². The maximum atomic E-state index is 13.0. The summed E-state index contributed by atoms with van der Waals surface area (Å²) in [6, 6.07) is 27.7. The van der Waals surface area contributed by atoms with E-state index in [-0.39, 0.29) is 11.9 Å². The molecule has 2 nitrogen and oxygen atoms in total. The van der Waals surface area contributed by atoms with E-state index < -0.39 is 0 Å². The zero-order chi connectivity index (χ0) is 26.6. The van der Waals surface area contributed by atoms with Gasteiger partial charge in [-0.25, -0.2) is 0 Å². The predicted molar refractivity (Wildman–Crippen MR) is 160 cm³/mol. The van der Waals surface area contributed by atoms with E-state index in [1.807, 2.05) is 18.2 Å². The lowest BCUT2D eigenvalue weighted by Crippen LogP contribution is -2.21. The maximum Gasteiger partial charge on any atom is 0.314 e. The van der Waals surface area contributed by atoms with Crippen LogP contribution in [0.2, 0.25) is 0 Å². The van der Waals surface area contributed by atoms with E-state index in [4.69, 9.17) is 4.74 Å². The van der Waals surface area contributed by atoms with Crippen molar-refractivity contribution in [2.45, 2.75) is 96.8 Å². The molecule has 202 valence electrons. The highest BCUT2D eigenvalue weighted by Crippen LogP contribution is 2.38. The van der Waals surface area contributed by atoms with Crippen LogP contribution in [0, 0.1) is 11.8 Å². The van der Waals surface area contributed by atoms with Crippen LogP contribution in [-0.2, 0) is 11.2 Å². The predicted octanol–water partition coefficient (Wildman–Crippen LogP) is 10.2. The minimum absolute atomic E-state index is 0.0401. The molecule has 0 aromatic heterocycles. The number of rotatable bonds is 13. The maximum absolute atomic E-state index is 13.0. The topological polar surface area (TPSA) is 26.3 Å². The quantitative estimate of drug-likeness (QED) is 0.169. The fraction of sp³-hybridized carbons (Fsp3) is 0.472. The monoisotopic (exact) mass is 510 g/mol. The lowest BCUT2D eigenvalue weighted by Gasteiger charge is -2.29. The highest BCUT2D eigenvalue weighted by molar-refractivity contribution is 5.75. The molecule has 1 aliphatic rings. The van der Waals surface area contributed by atoms with Crippen molar-refractivity contribution < 1.29 is 9.53 Å². The van der Waals surface area contributed by atoms with Gasteiger partial charge >= 0.3 is 5.97 Å². The van der Waals surface area contributed by atoms with Gasteiger partial charge in [-0.2, -0.15) is 0 Å². The van der Waals surface area contributed by atoms with Crippen LogP contribution in [-0.4, -0.2) is 5.97 Å². The van der Waals surface area contributed by atoms with Gasteiger partial charge in [0.15, 0.2) is 0 Å². The van der Waals surface area contributed by atoms with Gasteiger partial charge in [0.2, 0.25) is 0 Å². The highest BCUT2D eigenvalue weighted by Gasteiger charge is 2.23. The van der Waals surface area contributed by atoms with Gasteiger partial charge in [0.25, 0.3) is 0 Å². The van der Waals surface area contributed by atoms with Crippen molar-refractivity contribution in [2.24, 2.45) is 11.8 Å². The lowest BCUT2D eigenvalue weighted by atomic mass is 9.77. The summed E-state index contributed by atoms with van der Waals surface area (Å²) in [5.41, 5.74) is 5.21. The van der Waals surface area contributed by atoms with Crippen molar-refractivity contribution in [3.63, 3.8) is 0 Å². The summed E-state index contributed by atoms with van der Waals surface area (Å²) in [4.78, 5) is 13.0. The molecule has 1 fully saturated rings. The summed E-state index contributed by atoms with van der Waals surface area (Å²) < 4.78 is 5.86. The van der Waals surface area contributed by atoms with Crippen molar-refractivity contribution in [2.75, 3.05) is 0 Å². The van der Waals surface area contributed by atoms with Crippen molar-refractivity contribution in [1.29, 1.82) is 0 Å².